The van der Waals surface area contributed by atoms with Gasteiger partial charge >= 0.3 is 0 Å². The Morgan fingerprint density at radius 1 is 1.43 bits per heavy atom. The summed E-state index contributed by atoms with van der Waals surface area (Å²) < 4.78 is 1.16. The molecule has 0 aliphatic rings. The Hall–Kier alpha value is 0.650. The molecule has 3 heteroatoms. The Labute approximate surface area is 58.2 Å². The number of hydrogen-bond donors (Lipinski definition) is 2. The first kappa shape index (κ1) is 7.65. The molecule has 0 aromatic rings. The Morgan fingerprint density at radius 2 is 2.14 bits per heavy atom. The second-order valence-electron chi connectivity index (χ2n) is 1.15. The van der Waals surface area contributed by atoms with Crippen molar-refractivity contribution in [3.8, 4) is 0 Å². The van der Waals surface area contributed by atoms with Crippen LogP contribution in [0.1, 0.15) is 6.92 Å². The molecule has 0 radical (unpaired) electrons. The molecule has 0 saturated heterocycles. The molecule has 0 aliphatic carbocycles. The van der Waals surface area contributed by atoms with Gasteiger partial charge in [-0.25, -0.2) is 0 Å². The van der Waals surface area contributed by atoms with Crippen LogP contribution in [-0.2, 0) is 0 Å². The molecule has 0 aromatic heterocycles. The van der Waals surface area contributed by atoms with E-state index in [1.54, 1.807) is 0 Å². The molecule has 7 heavy (non-hydrogen) atoms. The fraction of sp³-hybridized carbons (Fsp3) is 1.00. The van der Waals surface area contributed by atoms with E-state index in [2.05, 4.69) is 40.4 Å². The lowest BCUT2D eigenvalue weighted by atomic mass is 10.8. The molecule has 0 heterocycles. The summed E-state index contributed by atoms with van der Waals surface area (Å²) in [5, 5.41) is 0. The highest BCUT2D eigenvalue weighted by Gasteiger charge is 1.75. The zero-order chi connectivity index (χ0) is 5.54. The fourth-order valence-electron chi connectivity index (χ4n) is 0.261. The minimum atomic E-state index is 0.997. The standard InChI is InChI=1S/C4H11IN2/c1-2-6-7-4-3-5/h6-7H,2-4H2,1H3. The molecule has 0 bridgehead atoms. The molecule has 0 fully saturated rings. The van der Waals surface area contributed by atoms with Crippen molar-refractivity contribution in [3.05, 3.63) is 0 Å². The van der Waals surface area contributed by atoms with Crippen LogP contribution >= 0.6 is 22.6 Å². The van der Waals surface area contributed by atoms with Gasteiger partial charge in [-0.05, 0) is 0 Å². The maximum Gasteiger partial charge on any atom is 0.0190 e. The van der Waals surface area contributed by atoms with E-state index in [0.717, 1.165) is 17.5 Å². The Kier molecular flexibility index (Phi) is 7.27. The highest BCUT2D eigenvalue weighted by Crippen LogP contribution is 1.72. The fourth-order valence-corrected chi connectivity index (χ4v) is 0.530. The van der Waals surface area contributed by atoms with Crippen LogP contribution in [0, 0.1) is 0 Å². The van der Waals surface area contributed by atoms with Gasteiger partial charge < -0.3 is 0 Å². The monoisotopic (exact) mass is 214 g/mol. The van der Waals surface area contributed by atoms with Crippen LogP contribution in [0.5, 0.6) is 0 Å². The number of halogens is 1. The first-order chi connectivity index (χ1) is 3.41. The summed E-state index contributed by atoms with van der Waals surface area (Å²) in [6.45, 7) is 4.12. The van der Waals surface area contributed by atoms with E-state index in [1.165, 1.54) is 0 Å². The molecular weight excluding hydrogens is 203 g/mol. The molecule has 0 unspecified atom stereocenters. The van der Waals surface area contributed by atoms with Gasteiger partial charge in [-0.3, -0.25) is 10.9 Å². The van der Waals surface area contributed by atoms with Crippen molar-refractivity contribution in [2.45, 2.75) is 6.92 Å². The topological polar surface area (TPSA) is 24.1 Å². The van der Waals surface area contributed by atoms with E-state index in [9.17, 15) is 0 Å². The molecule has 2 nitrogen and oxygen atoms in total. The zero-order valence-corrected chi connectivity index (χ0v) is 6.66. The average molecular weight is 214 g/mol. The van der Waals surface area contributed by atoms with Crippen LogP contribution in [0.4, 0.5) is 0 Å². The molecule has 0 aromatic carbocycles. The second-order valence-corrected chi connectivity index (χ2v) is 2.22. The van der Waals surface area contributed by atoms with Crippen LogP contribution in [0.3, 0.4) is 0 Å². The third kappa shape index (κ3) is 6.65. The maximum atomic E-state index is 3.03. The highest BCUT2D eigenvalue weighted by atomic mass is 127. The minimum Gasteiger partial charge on any atom is -0.258 e. The number of hydrogen-bond acceptors (Lipinski definition) is 2. The Balaban J connectivity index is 2.45. The van der Waals surface area contributed by atoms with Gasteiger partial charge in [-0.2, -0.15) is 0 Å². The number of nitrogens with one attached hydrogen (secondary N) is 2. The van der Waals surface area contributed by atoms with Gasteiger partial charge in [0.2, 0.25) is 0 Å². The molecule has 2 N–H and O–H groups in total. The lowest BCUT2D eigenvalue weighted by molar-refractivity contribution is 0.578. The van der Waals surface area contributed by atoms with Crippen LogP contribution < -0.4 is 10.9 Å². The largest absolute Gasteiger partial charge is 0.258 e. The minimum absolute atomic E-state index is 0.997. The van der Waals surface area contributed by atoms with Gasteiger partial charge in [0, 0.05) is 17.5 Å². The van der Waals surface area contributed by atoms with Crippen molar-refractivity contribution in [1.82, 2.24) is 10.9 Å². The third-order valence-corrected chi connectivity index (χ3v) is 1.06. The Morgan fingerprint density at radius 3 is 2.57 bits per heavy atom. The van der Waals surface area contributed by atoms with Crippen molar-refractivity contribution in [2.75, 3.05) is 17.5 Å². The summed E-state index contributed by atoms with van der Waals surface area (Å²) in [7, 11) is 0. The van der Waals surface area contributed by atoms with Crippen LogP contribution in [0.25, 0.3) is 0 Å². The first-order valence-corrected chi connectivity index (χ1v) is 3.96. The predicted molar refractivity (Wildman–Crippen MR) is 40.6 cm³/mol. The molecule has 44 valence electrons. The van der Waals surface area contributed by atoms with Crippen molar-refractivity contribution in [1.29, 1.82) is 0 Å². The molecule has 0 saturated carbocycles. The Bertz CT molecular complexity index is 28.9. The lowest BCUT2D eigenvalue weighted by Crippen LogP contribution is -2.32. The lowest BCUT2D eigenvalue weighted by Gasteiger charge is -1.98. The molecule has 0 aliphatic heterocycles. The van der Waals surface area contributed by atoms with Gasteiger partial charge in [0.15, 0.2) is 0 Å². The zero-order valence-electron chi connectivity index (χ0n) is 4.50. The summed E-state index contributed by atoms with van der Waals surface area (Å²) in [5.74, 6) is 0. The van der Waals surface area contributed by atoms with Crippen LogP contribution in [-0.4, -0.2) is 17.5 Å². The SMILES string of the molecule is CCNNCCI. The van der Waals surface area contributed by atoms with Gasteiger partial charge in [0.1, 0.15) is 0 Å². The van der Waals surface area contributed by atoms with Crippen molar-refractivity contribution < 1.29 is 0 Å². The van der Waals surface area contributed by atoms with Crippen molar-refractivity contribution in [2.24, 2.45) is 0 Å². The van der Waals surface area contributed by atoms with E-state index in [0.29, 0.717) is 0 Å². The molecule has 0 spiro atoms. The molecule has 0 amide bonds. The van der Waals surface area contributed by atoms with E-state index in [1.807, 2.05) is 0 Å². The highest BCUT2D eigenvalue weighted by molar-refractivity contribution is 14.1. The average Bonchev–Trinajstić information content (AvgIpc) is 1.69. The van der Waals surface area contributed by atoms with Crippen LogP contribution in [0.2, 0.25) is 0 Å². The second kappa shape index (κ2) is 6.65. The molecular formula is C4H11IN2. The van der Waals surface area contributed by atoms with E-state index >= 15 is 0 Å². The van der Waals surface area contributed by atoms with E-state index < -0.39 is 0 Å². The summed E-state index contributed by atoms with van der Waals surface area (Å²) in [6, 6.07) is 0. The first-order valence-electron chi connectivity index (χ1n) is 2.43. The van der Waals surface area contributed by atoms with E-state index in [-0.39, 0.29) is 0 Å². The van der Waals surface area contributed by atoms with Gasteiger partial charge in [0.25, 0.3) is 0 Å². The quantitative estimate of drug-likeness (QED) is 0.309. The summed E-state index contributed by atoms with van der Waals surface area (Å²) in [4.78, 5) is 0. The predicted octanol–water partition coefficient (Wildman–Crippen LogP) is 0.535. The summed E-state index contributed by atoms with van der Waals surface area (Å²) in [5.41, 5.74) is 6.02. The van der Waals surface area contributed by atoms with Crippen LogP contribution in [0.15, 0.2) is 0 Å². The smallest absolute Gasteiger partial charge is 0.0190 e. The van der Waals surface area contributed by atoms with Crippen molar-refractivity contribution >= 4 is 22.6 Å². The van der Waals surface area contributed by atoms with Gasteiger partial charge in [0.05, 0.1) is 0 Å². The van der Waals surface area contributed by atoms with Crippen molar-refractivity contribution in [3.63, 3.8) is 0 Å². The summed E-state index contributed by atoms with van der Waals surface area (Å²) in [6.07, 6.45) is 0. The summed E-state index contributed by atoms with van der Waals surface area (Å²) >= 11 is 2.32. The van der Waals surface area contributed by atoms with Gasteiger partial charge in [-0.15, -0.1) is 0 Å². The number of rotatable bonds is 4. The van der Waals surface area contributed by atoms with E-state index in [4.69, 9.17) is 0 Å². The normalized spacial score (nSPS) is 9.43. The maximum absolute atomic E-state index is 3.03. The molecule has 0 rings (SSSR count). The third-order valence-electron chi connectivity index (χ3n) is 0.521. The number of alkyl halides is 1. The molecule has 0 atom stereocenters. The number of hydrazine groups is 1. The van der Waals surface area contributed by atoms with Gasteiger partial charge in [-0.1, -0.05) is 29.5 Å².